The van der Waals surface area contributed by atoms with Crippen LogP contribution >= 0.6 is 0 Å². The lowest BCUT2D eigenvalue weighted by molar-refractivity contribution is 0.488. The van der Waals surface area contributed by atoms with Gasteiger partial charge in [0.15, 0.2) is 9.84 Å². The molecule has 8 nitrogen and oxygen atoms in total. The van der Waals surface area contributed by atoms with Gasteiger partial charge in [-0.2, -0.15) is 10.5 Å². The van der Waals surface area contributed by atoms with E-state index in [1.807, 2.05) is 6.07 Å². The summed E-state index contributed by atoms with van der Waals surface area (Å²) >= 11 is 0. The number of hydrogen-bond donors (Lipinski definition) is 1. The van der Waals surface area contributed by atoms with E-state index in [1.54, 1.807) is 24.4 Å². The number of nitriles is 2. The molecule has 1 aliphatic heterocycles. The first-order valence-corrected chi connectivity index (χ1v) is 11.7. The van der Waals surface area contributed by atoms with Crippen molar-refractivity contribution in [3.8, 4) is 12.1 Å². The minimum absolute atomic E-state index is 0.0403. The van der Waals surface area contributed by atoms with Crippen molar-refractivity contribution in [2.75, 3.05) is 29.6 Å². The summed E-state index contributed by atoms with van der Waals surface area (Å²) in [5.41, 5.74) is 2.61. The molecular weight excluding hydrogens is 412 g/mol. The van der Waals surface area contributed by atoms with Gasteiger partial charge < -0.3 is 10.2 Å². The maximum atomic E-state index is 11.6. The van der Waals surface area contributed by atoms with E-state index in [1.165, 1.54) is 12.1 Å². The molecule has 1 aliphatic rings. The summed E-state index contributed by atoms with van der Waals surface area (Å²) in [5, 5.41) is 22.8. The molecule has 4 rings (SSSR count). The molecular formula is C22H20N6O2S. The maximum Gasteiger partial charge on any atom is 0.227 e. The Bertz CT molecular complexity index is 1320. The van der Waals surface area contributed by atoms with Crippen LogP contribution in [0, 0.1) is 28.6 Å². The molecule has 0 atom stereocenters. The fourth-order valence-electron chi connectivity index (χ4n) is 3.70. The van der Waals surface area contributed by atoms with Crippen LogP contribution < -0.4 is 10.2 Å². The predicted molar refractivity (Wildman–Crippen MR) is 118 cm³/mol. The minimum atomic E-state index is -3.27. The Kier molecular flexibility index (Phi) is 5.45. The highest BCUT2D eigenvalue weighted by Crippen LogP contribution is 2.33. The van der Waals surface area contributed by atoms with Gasteiger partial charge in [-0.3, -0.25) is 0 Å². The molecule has 2 heterocycles. The third-order valence-corrected chi connectivity index (χ3v) is 6.51. The minimum Gasteiger partial charge on any atom is -0.369 e. The van der Waals surface area contributed by atoms with E-state index in [9.17, 15) is 18.9 Å². The second kappa shape index (κ2) is 8.21. The van der Waals surface area contributed by atoms with Gasteiger partial charge in [0.25, 0.3) is 0 Å². The summed E-state index contributed by atoms with van der Waals surface area (Å²) in [7, 11) is -3.27. The number of piperidine rings is 1. The number of fused-ring (bicyclic) bond motifs is 1. The Balaban J connectivity index is 1.69. The first-order chi connectivity index (χ1) is 14.9. The number of sulfone groups is 1. The molecule has 0 spiro atoms. The molecule has 2 aromatic carbocycles. The smallest absolute Gasteiger partial charge is 0.227 e. The number of aromatic nitrogens is 2. The van der Waals surface area contributed by atoms with Crippen molar-refractivity contribution >= 4 is 38.1 Å². The highest BCUT2D eigenvalue weighted by Gasteiger charge is 2.23. The van der Waals surface area contributed by atoms with E-state index in [0.717, 1.165) is 30.2 Å². The van der Waals surface area contributed by atoms with Crippen molar-refractivity contribution in [3.05, 3.63) is 48.2 Å². The van der Waals surface area contributed by atoms with E-state index in [0.29, 0.717) is 35.8 Å². The van der Waals surface area contributed by atoms with Gasteiger partial charge in [0.05, 0.1) is 22.2 Å². The average molecular weight is 433 g/mol. The van der Waals surface area contributed by atoms with E-state index in [-0.39, 0.29) is 10.8 Å². The molecule has 0 bridgehead atoms. The quantitative estimate of drug-likeness (QED) is 0.665. The fraction of sp³-hybridized carbons (Fsp3) is 0.273. The Morgan fingerprint density at radius 1 is 1.10 bits per heavy atom. The molecule has 0 amide bonds. The number of rotatable bonds is 4. The first kappa shape index (κ1) is 20.6. The number of hydrogen-bond acceptors (Lipinski definition) is 8. The SMILES string of the molecule is CS(=O)(=O)c1ccc(Nc2ncc3ccc(C#N)c(N4CCC(C#N)CC4)c3n2)cc1. The van der Waals surface area contributed by atoms with Crippen LogP contribution in [0.15, 0.2) is 47.5 Å². The molecule has 31 heavy (non-hydrogen) atoms. The monoisotopic (exact) mass is 432 g/mol. The average Bonchev–Trinajstić information content (AvgIpc) is 2.78. The lowest BCUT2D eigenvalue weighted by Gasteiger charge is -2.32. The molecule has 1 aromatic heterocycles. The summed E-state index contributed by atoms with van der Waals surface area (Å²) in [5.74, 6) is 0.390. The molecule has 0 saturated carbocycles. The number of anilines is 3. The van der Waals surface area contributed by atoms with Gasteiger partial charge in [-0.1, -0.05) is 0 Å². The van der Waals surface area contributed by atoms with Crippen molar-refractivity contribution in [2.45, 2.75) is 17.7 Å². The van der Waals surface area contributed by atoms with Crippen LogP contribution in [-0.2, 0) is 9.84 Å². The third-order valence-electron chi connectivity index (χ3n) is 5.38. The van der Waals surface area contributed by atoms with Crippen LogP contribution in [0.25, 0.3) is 10.9 Å². The molecule has 1 N–H and O–H groups in total. The Labute approximate surface area is 180 Å². The Morgan fingerprint density at radius 2 is 1.81 bits per heavy atom. The van der Waals surface area contributed by atoms with Gasteiger partial charge in [-0.25, -0.2) is 18.4 Å². The summed E-state index contributed by atoms with van der Waals surface area (Å²) < 4.78 is 23.3. The fourth-order valence-corrected chi connectivity index (χ4v) is 4.33. The topological polar surface area (TPSA) is 123 Å². The summed E-state index contributed by atoms with van der Waals surface area (Å²) in [6.45, 7) is 1.37. The lowest BCUT2D eigenvalue weighted by atomic mass is 9.97. The number of nitrogens with zero attached hydrogens (tertiary/aromatic N) is 5. The largest absolute Gasteiger partial charge is 0.369 e. The van der Waals surface area contributed by atoms with Crippen molar-refractivity contribution < 1.29 is 8.42 Å². The zero-order valence-electron chi connectivity index (χ0n) is 16.9. The van der Waals surface area contributed by atoms with Crippen molar-refractivity contribution in [2.24, 2.45) is 5.92 Å². The highest BCUT2D eigenvalue weighted by molar-refractivity contribution is 7.90. The van der Waals surface area contributed by atoms with Crippen molar-refractivity contribution in [1.29, 1.82) is 10.5 Å². The Hall–Kier alpha value is -3.69. The second-order valence-electron chi connectivity index (χ2n) is 7.52. The van der Waals surface area contributed by atoms with Gasteiger partial charge >= 0.3 is 0 Å². The standard InChI is InChI=1S/C22H20N6O2S/c1-31(29,30)19-6-4-18(5-7-19)26-22-25-14-17-3-2-16(13-24)21(20(17)27-22)28-10-8-15(12-23)9-11-28/h2-7,14-15H,8-11H2,1H3,(H,25,26,27). The van der Waals surface area contributed by atoms with Crippen molar-refractivity contribution in [1.82, 2.24) is 9.97 Å². The molecule has 0 radical (unpaired) electrons. The van der Waals surface area contributed by atoms with Crippen LogP contribution in [0.5, 0.6) is 0 Å². The van der Waals surface area contributed by atoms with Gasteiger partial charge in [0, 0.05) is 42.5 Å². The zero-order chi connectivity index (χ0) is 22.0. The van der Waals surface area contributed by atoms with E-state index >= 15 is 0 Å². The molecule has 3 aromatic rings. The summed E-state index contributed by atoms with van der Waals surface area (Å²) in [4.78, 5) is 11.4. The Morgan fingerprint density at radius 3 is 2.42 bits per heavy atom. The highest BCUT2D eigenvalue weighted by atomic mass is 32.2. The molecule has 0 unspecified atom stereocenters. The molecule has 1 fully saturated rings. The first-order valence-electron chi connectivity index (χ1n) is 9.80. The third kappa shape index (κ3) is 4.27. The maximum absolute atomic E-state index is 11.6. The summed E-state index contributed by atoms with van der Waals surface area (Å²) in [6, 6.07) is 14.5. The van der Waals surface area contributed by atoms with Crippen LogP contribution in [0.2, 0.25) is 0 Å². The van der Waals surface area contributed by atoms with E-state index in [2.05, 4.69) is 32.3 Å². The van der Waals surface area contributed by atoms with Gasteiger partial charge in [0.1, 0.15) is 11.6 Å². The molecule has 0 aliphatic carbocycles. The van der Waals surface area contributed by atoms with E-state index < -0.39 is 9.84 Å². The molecule has 1 saturated heterocycles. The van der Waals surface area contributed by atoms with Crippen molar-refractivity contribution in [3.63, 3.8) is 0 Å². The van der Waals surface area contributed by atoms with Crippen LogP contribution in [-0.4, -0.2) is 37.7 Å². The number of benzene rings is 2. The molecule has 156 valence electrons. The zero-order valence-corrected chi connectivity index (χ0v) is 17.7. The van der Waals surface area contributed by atoms with Gasteiger partial charge in [-0.05, 0) is 49.2 Å². The van der Waals surface area contributed by atoms with Gasteiger partial charge in [-0.15, -0.1) is 0 Å². The van der Waals surface area contributed by atoms with Crippen LogP contribution in [0.3, 0.4) is 0 Å². The number of nitrogens with one attached hydrogen (secondary N) is 1. The normalized spacial score (nSPS) is 14.7. The summed E-state index contributed by atoms with van der Waals surface area (Å²) in [6.07, 6.45) is 4.36. The predicted octanol–water partition coefficient (Wildman–Crippen LogP) is 3.39. The van der Waals surface area contributed by atoms with Gasteiger partial charge in [0.2, 0.25) is 5.95 Å². The second-order valence-corrected chi connectivity index (χ2v) is 9.53. The lowest BCUT2D eigenvalue weighted by Crippen LogP contribution is -2.34. The van der Waals surface area contributed by atoms with E-state index in [4.69, 9.17) is 0 Å². The molecule has 9 heteroatoms. The van der Waals surface area contributed by atoms with Crippen LogP contribution in [0.1, 0.15) is 18.4 Å². The van der Waals surface area contributed by atoms with Crippen LogP contribution in [0.4, 0.5) is 17.3 Å².